The van der Waals surface area contributed by atoms with Gasteiger partial charge < -0.3 is 9.05 Å². The monoisotopic (exact) mass is 325 g/mol. The average molecular weight is 326 g/mol. The van der Waals surface area contributed by atoms with Crippen molar-refractivity contribution in [3.63, 3.8) is 0 Å². The molecule has 2 aromatic rings. The van der Waals surface area contributed by atoms with E-state index in [9.17, 15) is 4.57 Å². The Morgan fingerprint density at radius 2 is 2.10 bits per heavy atom. The second kappa shape index (κ2) is 5.34. The second-order valence-electron chi connectivity index (χ2n) is 4.71. The molecule has 110 valence electrons. The maximum atomic E-state index is 12.6. The minimum absolute atomic E-state index is 0.0843. The van der Waals surface area contributed by atoms with Gasteiger partial charge in [-0.15, -0.1) is 0 Å². The molecule has 0 amide bonds. The van der Waals surface area contributed by atoms with Crippen LogP contribution in [0, 0.1) is 13.8 Å². The highest BCUT2D eigenvalue weighted by molar-refractivity contribution is 7.49. The Bertz CT molecular complexity index is 750. The van der Waals surface area contributed by atoms with E-state index in [0.29, 0.717) is 22.2 Å². The lowest BCUT2D eigenvalue weighted by Crippen LogP contribution is -2.13. The van der Waals surface area contributed by atoms with Crippen molar-refractivity contribution in [1.82, 2.24) is 4.98 Å². The molecule has 7 heteroatoms. The first-order valence-electron chi connectivity index (χ1n) is 6.32. The van der Waals surface area contributed by atoms with Crippen LogP contribution < -0.4 is 9.05 Å². The van der Waals surface area contributed by atoms with Gasteiger partial charge in [0.25, 0.3) is 0 Å². The van der Waals surface area contributed by atoms with E-state index >= 15 is 0 Å². The van der Waals surface area contributed by atoms with Crippen molar-refractivity contribution in [2.75, 3.05) is 0 Å². The van der Waals surface area contributed by atoms with Gasteiger partial charge in [-0.05, 0) is 49.7 Å². The number of phosphoric acid groups is 1. The Balaban J connectivity index is 1.86. The van der Waals surface area contributed by atoms with Gasteiger partial charge in [-0.2, -0.15) is 0 Å². The van der Waals surface area contributed by atoms with E-state index in [1.54, 1.807) is 37.3 Å². The third-order valence-electron chi connectivity index (χ3n) is 2.99. The number of aromatic nitrogens is 1. The van der Waals surface area contributed by atoms with Crippen LogP contribution in [-0.4, -0.2) is 4.98 Å². The summed E-state index contributed by atoms with van der Waals surface area (Å²) in [5.41, 5.74) is 2.20. The van der Waals surface area contributed by atoms with Crippen molar-refractivity contribution in [2.24, 2.45) is 0 Å². The van der Waals surface area contributed by atoms with Gasteiger partial charge in [0, 0.05) is 10.7 Å². The topological polar surface area (TPSA) is 57.7 Å². The molecule has 3 rings (SSSR count). The molecular weight excluding hydrogens is 313 g/mol. The van der Waals surface area contributed by atoms with E-state index < -0.39 is 7.82 Å². The van der Waals surface area contributed by atoms with Gasteiger partial charge in [-0.3, -0.25) is 9.51 Å². The summed E-state index contributed by atoms with van der Waals surface area (Å²) in [7, 11) is -3.71. The normalized spacial score (nSPS) is 20.5. The highest BCUT2D eigenvalue weighted by Gasteiger charge is 2.36. The number of benzene rings is 1. The summed E-state index contributed by atoms with van der Waals surface area (Å²) in [5.74, 6) is 0.827. The largest absolute Gasteiger partial charge is 0.588 e. The standard InChI is InChI=1S/C14H13ClNO4P/c1-9-7-11(15)4-6-13(9)19-21(17)18-8-12-14(20-21)5-3-10(2)16-12/h3-7H,8H2,1-2H3. The van der Waals surface area contributed by atoms with Gasteiger partial charge in [0.2, 0.25) is 0 Å². The number of hydrogen-bond acceptors (Lipinski definition) is 5. The van der Waals surface area contributed by atoms with E-state index in [1.807, 2.05) is 6.92 Å². The predicted octanol–water partition coefficient (Wildman–Crippen LogP) is 4.45. The Morgan fingerprint density at radius 1 is 1.29 bits per heavy atom. The second-order valence-corrected chi connectivity index (χ2v) is 6.66. The van der Waals surface area contributed by atoms with E-state index in [-0.39, 0.29) is 6.61 Å². The SMILES string of the molecule is Cc1ccc2c(n1)COP(=O)(Oc1ccc(Cl)cc1C)O2. The first kappa shape index (κ1) is 14.4. The lowest BCUT2D eigenvalue weighted by Gasteiger charge is -2.24. The fraction of sp³-hybridized carbons (Fsp3) is 0.214. The number of fused-ring (bicyclic) bond motifs is 1. The van der Waals surface area contributed by atoms with Gasteiger partial charge >= 0.3 is 7.82 Å². The molecule has 0 aliphatic carbocycles. The summed E-state index contributed by atoms with van der Waals surface area (Å²) in [4.78, 5) is 4.27. The number of hydrogen-bond donors (Lipinski definition) is 0. The van der Waals surface area contributed by atoms with E-state index in [2.05, 4.69) is 4.98 Å². The number of halogens is 1. The van der Waals surface area contributed by atoms with Gasteiger partial charge in [-0.25, -0.2) is 4.57 Å². The molecule has 5 nitrogen and oxygen atoms in total. The number of phosphoric ester groups is 1. The van der Waals surface area contributed by atoms with E-state index in [0.717, 1.165) is 11.3 Å². The van der Waals surface area contributed by atoms with Gasteiger partial charge in [0.05, 0.1) is 0 Å². The first-order valence-corrected chi connectivity index (χ1v) is 8.15. The Morgan fingerprint density at radius 3 is 2.86 bits per heavy atom. The smallest absolute Gasteiger partial charge is 0.395 e. The van der Waals surface area contributed by atoms with Crippen molar-refractivity contribution in [1.29, 1.82) is 0 Å². The molecule has 0 saturated heterocycles. The molecule has 0 N–H and O–H groups in total. The summed E-state index contributed by atoms with van der Waals surface area (Å²) in [6.07, 6.45) is 0. The molecule has 1 unspecified atom stereocenters. The third kappa shape index (κ3) is 3.05. The minimum atomic E-state index is -3.71. The zero-order valence-electron chi connectivity index (χ0n) is 11.5. The molecule has 1 aromatic carbocycles. The molecule has 0 spiro atoms. The molecule has 0 radical (unpaired) electrons. The van der Waals surface area contributed by atoms with Crippen molar-refractivity contribution in [3.05, 3.63) is 52.3 Å². The fourth-order valence-electron chi connectivity index (χ4n) is 1.95. The Labute approximate surface area is 127 Å². The number of pyridine rings is 1. The maximum Gasteiger partial charge on any atom is 0.588 e. The quantitative estimate of drug-likeness (QED) is 0.764. The molecule has 2 heterocycles. The van der Waals surface area contributed by atoms with E-state index in [1.165, 1.54) is 0 Å². The van der Waals surface area contributed by atoms with Crippen LogP contribution in [0.2, 0.25) is 5.02 Å². The molecule has 21 heavy (non-hydrogen) atoms. The molecule has 0 saturated carbocycles. The van der Waals surface area contributed by atoms with Crippen LogP contribution in [0.5, 0.6) is 11.5 Å². The zero-order chi connectivity index (χ0) is 15.0. The van der Waals surface area contributed by atoms with Crippen LogP contribution in [0.4, 0.5) is 0 Å². The Kier molecular flexibility index (Phi) is 3.66. The van der Waals surface area contributed by atoms with Crippen LogP contribution in [0.1, 0.15) is 17.0 Å². The summed E-state index contributed by atoms with van der Waals surface area (Å²) in [5, 5.41) is 0.577. The first-order chi connectivity index (χ1) is 9.95. The van der Waals surface area contributed by atoms with Crippen LogP contribution >= 0.6 is 19.4 Å². The third-order valence-corrected chi connectivity index (χ3v) is 4.51. The van der Waals surface area contributed by atoms with E-state index in [4.69, 9.17) is 25.2 Å². The molecule has 1 atom stereocenters. The van der Waals surface area contributed by atoms with Crippen LogP contribution in [-0.2, 0) is 15.7 Å². The summed E-state index contributed by atoms with van der Waals surface area (Å²) < 4.78 is 28.6. The zero-order valence-corrected chi connectivity index (χ0v) is 13.1. The van der Waals surface area contributed by atoms with Gasteiger partial charge in [0.15, 0.2) is 5.75 Å². The minimum Gasteiger partial charge on any atom is -0.395 e. The summed E-state index contributed by atoms with van der Waals surface area (Å²) in [6.45, 7) is 3.75. The van der Waals surface area contributed by atoms with Crippen molar-refractivity contribution < 1.29 is 18.1 Å². The van der Waals surface area contributed by atoms with Crippen LogP contribution in [0.25, 0.3) is 0 Å². The molecule has 1 aliphatic heterocycles. The number of aryl methyl sites for hydroxylation is 2. The lowest BCUT2D eigenvalue weighted by molar-refractivity contribution is 0.177. The maximum absolute atomic E-state index is 12.6. The molecular formula is C14H13ClNO4P. The van der Waals surface area contributed by atoms with Crippen molar-refractivity contribution in [3.8, 4) is 11.5 Å². The van der Waals surface area contributed by atoms with Crippen LogP contribution in [0.3, 0.4) is 0 Å². The molecule has 0 bridgehead atoms. The molecule has 1 aromatic heterocycles. The van der Waals surface area contributed by atoms with Crippen LogP contribution in [0.15, 0.2) is 30.3 Å². The summed E-state index contributed by atoms with van der Waals surface area (Å²) >= 11 is 5.88. The summed E-state index contributed by atoms with van der Waals surface area (Å²) in [6, 6.07) is 8.49. The van der Waals surface area contributed by atoms with Gasteiger partial charge in [-0.1, -0.05) is 11.6 Å². The average Bonchev–Trinajstić information content (AvgIpc) is 2.43. The Hall–Kier alpha value is -1.55. The van der Waals surface area contributed by atoms with Crippen molar-refractivity contribution in [2.45, 2.75) is 20.5 Å². The number of nitrogens with zero attached hydrogens (tertiary/aromatic N) is 1. The lowest BCUT2D eigenvalue weighted by atomic mass is 10.2. The fourth-order valence-corrected chi connectivity index (χ4v) is 3.45. The van der Waals surface area contributed by atoms with Gasteiger partial charge in [0.1, 0.15) is 18.1 Å². The van der Waals surface area contributed by atoms with Crippen molar-refractivity contribution >= 4 is 19.4 Å². The highest BCUT2D eigenvalue weighted by atomic mass is 35.5. The predicted molar refractivity (Wildman–Crippen MR) is 78.8 cm³/mol. The highest BCUT2D eigenvalue weighted by Crippen LogP contribution is 2.54. The number of rotatable bonds is 2. The molecule has 0 fully saturated rings. The molecule has 1 aliphatic rings.